The van der Waals surface area contributed by atoms with E-state index in [9.17, 15) is 18.0 Å². The fourth-order valence-electron chi connectivity index (χ4n) is 5.24. The van der Waals surface area contributed by atoms with E-state index < -0.39 is 28.5 Å². The molecule has 4 rings (SSSR count). The first-order valence-corrected chi connectivity index (χ1v) is 17.2. The highest BCUT2D eigenvalue weighted by atomic mass is 32.2. The van der Waals surface area contributed by atoms with Crippen LogP contribution in [0.25, 0.3) is 0 Å². The topological polar surface area (TPSA) is 114 Å². The van der Waals surface area contributed by atoms with Gasteiger partial charge < -0.3 is 24.4 Å². The Kier molecular flexibility index (Phi) is 12.5. The molecule has 0 spiro atoms. The van der Waals surface area contributed by atoms with Crippen molar-refractivity contribution in [2.45, 2.75) is 44.7 Å². The van der Waals surface area contributed by atoms with Gasteiger partial charge in [-0.1, -0.05) is 60.2 Å². The predicted molar refractivity (Wildman–Crippen MR) is 186 cm³/mol. The van der Waals surface area contributed by atoms with Gasteiger partial charge in [-0.05, 0) is 68.3 Å². The van der Waals surface area contributed by atoms with E-state index in [0.717, 1.165) is 21.0 Å². The van der Waals surface area contributed by atoms with Gasteiger partial charge in [0.2, 0.25) is 11.8 Å². The molecular weight excluding hydrogens is 630 g/mol. The van der Waals surface area contributed by atoms with Crippen LogP contribution in [-0.4, -0.2) is 65.1 Å². The summed E-state index contributed by atoms with van der Waals surface area (Å²) in [5.74, 6) is 0.237. The van der Waals surface area contributed by atoms with Crippen LogP contribution in [0.5, 0.6) is 17.2 Å². The average molecular weight is 674 g/mol. The van der Waals surface area contributed by atoms with Crippen LogP contribution in [0.15, 0.2) is 102 Å². The SMILES string of the molecule is CCNC(=O)[C@H](Cc1ccccc1)N(Cc1ccc(C)cc1)C(=O)CN(c1ccc(OCC)cc1)S(=O)(=O)c1ccc(OC)c(OC)c1. The lowest BCUT2D eigenvalue weighted by Gasteiger charge is -2.34. The van der Waals surface area contributed by atoms with Crippen molar-refractivity contribution in [2.24, 2.45) is 0 Å². The Hall–Kier alpha value is -5.03. The number of hydrogen-bond acceptors (Lipinski definition) is 7. The third-order valence-electron chi connectivity index (χ3n) is 7.75. The maximum Gasteiger partial charge on any atom is 0.264 e. The van der Waals surface area contributed by atoms with Crippen molar-refractivity contribution >= 4 is 27.5 Å². The molecule has 254 valence electrons. The Morgan fingerprint density at radius 3 is 2.08 bits per heavy atom. The zero-order valence-corrected chi connectivity index (χ0v) is 28.8. The highest BCUT2D eigenvalue weighted by Gasteiger charge is 2.35. The molecule has 0 aliphatic heterocycles. The van der Waals surface area contributed by atoms with Crippen molar-refractivity contribution in [3.05, 3.63) is 114 Å². The molecular formula is C37H43N3O7S. The van der Waals surface area contributed by atoms with Crippen LogP contribution >= 0.6 is 0 Å². The van der Waals surface area contributed by atoms with Gasteiger partial charge in [-0.15, -0.1) is 0 Å². The van der Waals surface area contributed by atoms with E-state index in [2.05, 4.69) is 5.32 Å². The summed E-state index contributed by atoms with van der Waals surface area (Å²) in [6, 6.07) is 26.9. The number of hydrogen-bond donors (Lipinski definition) is 1. The number of carbonyl (C=O) groups is 2. The average Bonchev–Trinajstić information content (AvgIpc) is 3.10. The molecule has 0 bridgehead atoms. The molecule has 0 aromatic heterocycles. The van der Waals surface area contributed by atoms with E-state index in [0.29, 0.717) is 24.7 Å². The molecule has 4 aromatic carbocycles. The minimum Gasteiger partial charge on any atom is -0.494 e. The van der Waals surface area contributed by atoms with Gasteiger partial charge in [-0.3, -0.25) is 13.9 Å². The Morgan fingerprint density at radius 2 is 1.48 bits per heavy atom. The second kappa shape index (κ2) is 16.7. The summed E-state index contributed by atoms with van der Waals surface area (Å²) in [5.41, 5.74) is 2.95. The summed E-state index contributed by atoms with van der Waals surface area (Å²) < 4.78 is 46.2. The second-order valence-electron chi connectivity index (χ2n) is 11.1. The maximum atomic E-state index is 14.6. The largest absolute Gasteiger partial charge is 0.494 e. The van der Waals surface area contributed by atoms with Gasteiger partial charge in [-0.2, -0.15) is 0 Å². The minimum atomic E-state index is -4.35. The van der Waals surface area contributed by atoms with E-state index >= 15 is 0 Å². The molecule has 48 heavy (non-hydrogen) atoms. The number of nitrogens with zero attached hydrogens (tertiary/aromatic N) is 2. The second-order valence-corrected chi connectivity index (χ2v) is 12.9. The molecule has 0 aliphatic carbocycles. The summed E-state index contributed by atoms with van der Waals surface area (Å²) >= 11 is 0. The zero-order chi connectivity index (χ0) is 34.7. The van der Waals surface area contributed by atoms with E-state index in [1.807, 2.05) is 75.4 Å². The number of aryl methyl sites for hydroxylation is 1. The number of ether oxygens (including phenoxy) is 3. The van der Waals surface area contributed by atoms with E-state index in [1.165, 1.54) is 37.3 Å². The normalized spacial score (nSPS) is 11.7. The molecule has 0 fully saturated rings. The highest BCUT2D eigenvalue weighted by molar-refractivity contribution is 7.92. The third kappa shape index (κ3) is 8.86. The summed E-state index contributed by atoms with van der Waals surface area (Å²) in [6.45, 7) is 5.93. The lowest BCUT2D eigenvalue weighted by Crippen LogP contribution is -2.53. The summed E-state index contributed by atoms with van der Waals surface area (Å²) in [5, 5.41) is 2.87. The van der Waals surface area contributed by atoms with Crippen molar-refractivity contribution < 1.29 is 32.2 Å². The minimum absolute atomic E-state index is 0.0846. The van der Waals surface area contributed by atoms with Gasteiger partial charge >= 0.3 is 0 Å². The van der Waals surface area contributed by atoms with Crippen LogP contribution in [0.3, 0.4) is 0 Å². The molecule has 0 heterocycles. The van der Waals surface area contributed by atoms with Crippen LogP contribution in [0.4, 0.5) is 5.69 Å². The fraction of sp³-hybridized carbons (Fsp3) is 0.297. The van der Waals surface area contributed by atoms with E-state index in [1.54, 1.807) is 24.3 Å². The van der Waals surface area contributed by atoms with Crippen LogP contribution in [0, 0.1) is 6.92 Å². The molecule has 0 unspecified atom stereocenters. The number of rotatable bonds is 16. The molecule has 10 nitrogen and oxygen atoms in total. The van der Waals surface area contributed by atoms with Gasteiger partial charge in [0, 0.05) is 25.6 Å². The molecule has 0 saturated heterocycles. The Bertz CT molecular complexity index is 1760. The Balaban J connectivity index is 1.82. The maximum absolute atomic E-state index is 14.6. The standard InChI is InChI=1S/C37H43N3O7S/c1-6-38-37(42)33(23-28-11-9-8-10-12-28)39(25-29-15-13-27(3)14-16-29)36(41)26-40(30-17-19-31(20-18-30)47-7-2)48(43,44)32-21-22-34(45-4)35(24-32)46-5/h8-22,24,33H,6-7,23,25-26H2,1-5H3,(H,38,42)/t33-/m0/s1. The molecule has 0 radical (unpaired) electrons. The van der Waals surface area contributed by atoms with Crippen molar-refractivity contribution in [3.63, 3.8) is 0 Å². The molecule has 2 amide bonds. The third-order valence-corrected chi connectivity index (χ3v) is 9.52. The molecule has 1 N–H and O–H groups in total. The van der Waals surface area contributed by atoms with Crippen LogP contribution in [0.1, 0.15) is 30.5 Å². The van der Waals surface area contributed by atoms with Crippen LogP contribution in [0.2, 0.25) is 0 Å². The van der Waals surface area contributed by atoms with Crippen molar-refractivity contribution in [1.82, 2.24) is 10.2 Å². The Morgan fingerprint density at radius 1 is 0.812 bits per heavy atom. The lowest BCUT2D eigenvalue weighted by atomic mass is 10.0. The molecule has 0 aliphatic rings. The number of nitrogens with one attached hydrogen (secondary N) is 1. The monoisotopic (exact) mass is 673 g/mol. The van der Waals surface area contributed by atoms with Gasteiger partial charge in [-0.25, -0.2) is 8.42 Å². The molecule has 4 aromatic rings. The molecule has 1 atom stereocenters. The van der Waals surface area contributed by atoms with Gasteiger partial charge in [0.05, 0.1) is 31.4 Å². The summed E-state index contributed by atoms with van der Waals surface area (Å²) in [7, 11) is -1.48. The van der Waals surface area contributed by atoms with Crippen molar-refractivity contribution in [1.29, 1.82) is 0 Å². The number of sulfonamides is 1. The van der Waals surface area contributed by atoms with Crippen molar-refractivity contribution in [2.75, 3.05) is 38.2 Å². The zero-order valence-electron chi connectivity index (χ0n) is 28.0. The summed E-state index contributed by atoms with van der Waals surface area (Å²) in [4.78, 5) is 29.6. The quantitative estimate of drug-likeness (QED) is 0.170. The van der Waals surface area contributed by atoms with Crippen LogP contribution < -0.4 is 23.8 Å². The number of carbonyl (C=O) groups excluding carboxylic acids is 2. The number of likely N-dealkylation sites (N-methyl/N-ethyl adjacent to an activating group) is 1. The molecule has 0 saturated carbocycles. The highest BCUT2D eigenvalue weighted by Crippen LogP contribution is 2.33. The first-order chi connectivity index (χ1) is 23.1. The van der Waals surface area contributed by atoms with Crippen molar-refractivity contribution in [3.8, 4) is 17.2 Å². The first kappa shape index (κ1) is 35.8. The van der Waals surface area contributed by atoms with Gasteiger partial charge in [0.1, 0.15) is 18.3 Å². The Labute approximate surface area is 283 Å². The first-order valence-electron chi connectivity index (χ1n) is 15.8. The van der Waals surface area contributed by atoms with E-state index in [-0.39, 0.29) is 35.2 Å². The fourth-order valence-corrected chi connectivity index (χ4v) is 6.67. The van der Waals surface area contributed by atoms with Gasteiger partial charge in [0.25, 0.3) is 10.0 Å². The number of benzene rings is 4. The lowest BCUT2D eigenvalue weighted by molar-refractivity contribution is -0.140. The number of methoxy groups -OCH3 is 2. The smallest absolute Gasteiger partial charge is 0.264 e. The van der Waals surface area contributed by atoms with Crippen LogP contribution in [-0.2, 0) is 32.6 Å². The predicted octanol–water partition coefficient (Wildman–Crippen LogP) is 5.38. The number of anilines is 1. The van der Waals surface area contributed by atoms with E-state index in [4.69, 9.17) is 14.2 Å². The van der Waals surface area contributed by atoms with Gasteiger partial charge in [0.15, 0.2) is 11.5 Å². The summed E-state index contributed by atoms with van der Waals surface area (Å²) in [6.07, 6.45) is 0.232. The number of amides is 2. The molecule has 11 heteroatoms.